The molecule has 0 saturated carbocycles. The minimum atomic E-state index is 0.910. The zero-order chi connectivity index (χ0) is 22.0. The summed E-state index contributed by atoms with van der Waals surface area (Å²) >= 11 is 0. The van der Waals surface area contributed by atoms with Crippen molar-refractivity contribution in [2.45, 2.75) is 0 Å². The fourth-order valence-electron chi connectivity index (χ4n) is 4.41. The van der Waals surface area contributed by atoms with Crippen LogP contribution in [0.15, 0.2) is 138 Å². The Balaban J connectivity index is 1.41. The Morgan fingerprint density at radius 2 is 0.576 bits per heavy atom. The van der Waals surface area contributed by atoms with Crippen LogP contribution in [0.4, 0.5) is 0 Å². The molecule has 0 radical (unpaired) electrons. The largest absolute Gasteiger partial charge is 0.455 e. The monoisotopic (exact) mass is 422 g/mol. The highest BCUT2D eigenvalue weighted by Gasteiger charge is 2.16. The van der Waals surface area contributed by atoms with Crippen molar-refractivity contribution in [3.8, 4) is 44.9 Å². The molecule has 6 rings (SSSR count). The van der Waals surface area contributed by atoms with Crippen LogP contribution in [0.2, 0.25) is 0 Å². The van der Waals surface area contributed by atoms with E-state index in [0.29, 0.717) is 0 Å². The molecule has 1 nitrogen and oxygen atoms in total. The molecule has 0 N–H and O–H groups in total. The van der Waals surface area contributed by atoms with Crippen molar-refractivity contribution in [3.05, 3.63) is 133 Å². The van der Waals surface area contributed by atoms with Crippen molar-refractivity contribution < 1.29 is 4.42 Å². The predicted molar refractivity (Wildman–Crippen MR) is 138 cm³/mol. The molecule has 0 aliphatic rings. The minimum Gasteiger partial charge on any atom is -0.455 e. The average Bonchev–Trinajstić information content (AvgIpc) is 3.30. The van der Waals surface area contributed by atoms with Gasteiger partial charge in [0.05, 0.1) is 0 Å². The van der Waals surface area contributed by atoms with Crippen molar-refractivity contribution >= 4 is 10.8 Å². The van der Waals surface area contributed by atoms with E-state index in [9.17, 15) is 0 Å². The number of fused-ring (bicyclic) bond motifs is 1. The van der Waals surface area contributed by atoms with Crippen LogP contribution >= 0.6 is 0 Å². The summed E-state index contributed by atoms with van der Waals surface area (Å²) in [6.07, 6.45) is 0. The first-order valence-corrected chi connectivity index (χ1v) is 11.2. The molecule has 0 fully saturated rings. The van der Waals surface area contributed by atoms with Gasteiger partial charge in [0.1, 0.15) is 11.5 Å². The quantitative estimate of drug-likeness (QED) is 0.276. The lowest BCUT2D eigenvalue weighted by atomic mass is 10.0. The van der Waals surface area contributed by atoms with Gasteiger partial charge in [-0.15, -0.1) is 0 Å². The van der Waals surface area contributed by atoms with E-state index in [4.69, 9.17) is 4.42 Å². The normalized spacial score (nSPS) is 11.0. The molecule has 0 bridgehead atoms. The van der Waals surface area contributed by atoms with Gasteiger partial charge < -0.3 is 4.42 Å². The summed E-state index contributed by atoms with van der Waals surface area (Å²) in [5.41, 5.74) is 7.00. The van der Waals surface area contributed by atoms with Gasteiger partial charge in [-0.2, -0.15) is 0 Å². The Bertz CT molecular complexity index is 1390. The third-order valence-electron chi connectivity index (χ3n) is 6.13. The van der Waals surface area contributed by atoms with Crippen LogP contribution in [-0.2, 0) is 0 Å². The lowest BCUT2D eigenvalue weighted by Gasteiger charge is -2.04. The van der Waals surface area contributed by atoms with Crippen LogP contribution < -0.4 is 0 Å². The highest BCUT2D eigenvalue weighted by Crippen LogP contribution is 2.40. The van der Waals surface area contributed by atoms with Gasteiger partial charge in [0.15, 0.2) is 0 Å². The second-order valence-corrected chi connectivity index (χ2v) is 8.19. The van der Waals surface area contributed by atoms with E-state index in [1.807, 2.05) is 12.1 Å². The fraction of sp³-hybridized carbons (Fsp3) is 0. The van der Waals surface area contributed by atoms with E-state index >= 15 is 0 Å². The van der Waals surface area contributed by atoms with Gasteiger partial charge in [-0.05, 0) is 22.3 Å². The number of benzene rings is 5. The van der Waals surface area contributed by atoms with Crippen molar-refractivity contribution in [1.82, 2.24) is 0 Å². The van der Waals surface area contributed by atoms with Crippen molar-refractivity contribution in [1.29, 1.82) is 0 Å². The molecule has 0 aliphatic heterocycles. The standard InChI is InChI=1S/C32H22O/c1-3-9-23(10-4-1)25-15-19-27(20-16-25)31-29-13-7-8-14-30(29)32(33-31)28-21-17-26(18-22-28)24-11-5-2-6-12-24/h1-22H. The SMILES string of the molecule is c1ccc(-c2ccc(-c3oc(-c4ccc(-c5ccccc5)cc4)c4ccccc34)cc2)cc1. The molecule has 33 heavy (non-hydrogen) atoms. The molecule has 0 aliphatic carbocycles. The Hall–Kier alpha value is -4.36. The first-order valence-electron chi connectivity index (χ1n) is 11.2. The van der Waals surface area contributed by atoms with Gasteiger partial charge in [-0.25, -0.2) is 0 Å². The Labute approximate surface area is 193 Å². The smallest absolute Gasteiger partial charge is 0.142 e. The number of rotatable bonds is 4. The Morgan fingerprint density at radius 1 is 0.273 bits per heavy atom. The molecular formula is C32H22O. The third kappa shape index (κ3) is 3.64. The van der Waals surface area contributed by atoms with E-state index in [2.05, 4.69) is 121 Å². The maximum atomic E-state index is 6.53. The molecule has 0 amide bonds. The molecular weight excluding hydrogens is 400 g/mol. The molecule has 1 heteroatoms. The van der Waals surface area contributed by atoms with Gasteiger partial charge >= 0.3 is 0 Å². The Kier molecular flexibility index (Phi) is 4.86. The van der Waals surface area contributed by atoms with E-state index in [0.717, 1.165) is 33.4 Å². The van der Waals surface area contributed by atoms with Crippen LogP contribution in [-0.4, -0.2) is 0 Å². The van der Waals surface area contributed by atoms with Gasteiger partial charge in [0, 0.05) is 21.9 Å². The van der Waals surface area contributed by atoms with E-state index in [1.54, 1.807) is 0 Å². The molecule has 5 aromatic carbocycles. The van der Waals surface area contributed by atoms with Crippen molar-refractivity contribution in [2.24, 2.45) is 0 Å². The predicted octanol–water partition coefficient (Wildman–Crippen LogP) is 9.10. The summed E-state index contributed by atoms with van der Waals surface area (Å²) in [7, 11) is 0. The van der Waals surface area contributed by atoms with Gasteiger partial charge in [0.25, 0.3) is 0 Å². The zero-order valence-corrected chi connectivity index (χ0v) is 18.1. The maximum Gasteiger partial charge on any atom is 0.142 e. The van der Waals surface area contributed by atoms with Gasteiger partial charge in [-0.3, -0.25) is 0 Å². The highest BCUT2D eigenvalue weighted by atomic mass is 16.3. The highest BCUT2D eigenvalue weighted by molar-refractivity contribution is 6.02. The zero-order valence-electron chi connectivity index (χ0n) is 18.1. The van der Waals surface area contributed by atoms with Crippen LogP contribution in [0.25, 0.3) is 55.7 Å². The number of furan rings is 1. The molecule has 0 unspecified atom stereocenters. The van der Waals surface area contributed by atoms with Crippen molar-refractivity contribution in [3.63, 3.8) is 0 Å². The number of hydrogen-bond acceptors (Lipinski definition) is 1. The van der Waals surface area contributed by atoms with Crippen LogP contribution in [0.3, 0.4) is 0 Å². The second kappa shape index (κ2) is 8.29. The van der Waals surface area contributed by atoms with Crippen LogP contribution in [0, 0.1) is 0 Å². The molecule has 6 aromatic rings. The topological polar surface area (TPSA) is 13.1 Å². The molecule has 1 aromatic heterocycles. The second-order valence-electron chi connectivity index (χ2n) is 8.19. The van der Waals surface area contributed by atoms with E-state index in [-0.39, 0.29) is 0 Å². The fourth-order valence-corrected chi connectivity index (χ4v) is 4.41. The summed E-state index contributed by atoms with van der Waals surface area (Å²) < 4.78 is 6.53. The Morgan fingerprint density at radius 3 is 0.970 bits per heavy atom. The van der Waals surface area contributed by atoms with Crippen LogP contribution in [0.5, 0.6) is 0 Å². The molecule has 156 valence electrons. The lowest BCUT2D eigenvalue weighted by Crippen LogP contribution is -1.79. The lowest BCUT2D eigenvalue weighted by molar-refractivity contribution is 0.602. The van der Waals surface area contributed by atoms with E-state index in [1.165, 1.54) is 22.3 Å². The van der Waals surface area contributed by atoms with Gasteiger partial charge in [-0.1, -0.05) is 133 Å². The summed E-state index contributed by atoms with van der Waals surface area (Å²) in [4.78, 5) is 0. The maximum absolute atomic E-state index is 6.53. The summed E-state index contributed by atoms with van der Waals surface area (Å²) in [5.74, 6) is 1.82. The first kappa shape index (κ1) is 19.3. The average molecular weight is 423 g/mol. The minimum absolute atomic E-state index is 0.910. The summed E-state index contributed by atoms with van der Waals surface area (Å²) in [6.45, 7) is 0. The first-order chi connectivity index (χ1) is 16.4. The molecule has 0 spiro atoms. The molecule has 0 saturated heterocycles. The van der Waals surface area contributed by atoms with Gasteiger partial charge in [0.2, 0.25) is 0 Å². The third-order valence-corrected chi connectivity index (χ3v) is 6.13. The van der Waals surface area contributed by atoms with Crippen LogP contribution in [0.1, 0.15) is 0 Å². The molecule has 1 heterocycles. The summed E-state index contributed by atoms with van der Waals surface area (Å²) in [5, 5.41) is 2.26. The molecule has 0 atom stereocenters. The summed E-state index contributed by atoms with van der Waals surface area (Å²) in [6, 6.07) is 46.6. The van der Waals surface area contributed by atoms with Crippen molar-refractivity contribution in [2.75, 3.05) is 0 Å². The number of hydrogen-bond donors (Lipinski definition) is 0. The van der Waals surface area contributed by atoms with E-state index < -0.39 is 0 Å².